The summed E-state index contributed by atoms with van der Waals surface area (Å²) in [4.78, 5) is -0.290. The van der Waals surface area contributed by atoms with E-state index >= 15 is 0 Å². The first-order valence-electron chi connectivity index (χ1n) is 5.91. The highest BCUT2D eigenvalue weighted by Crippen LogP contribution is 2.34. The van der Waals surface area contributed by atoms with E-state index in [1.807, 2.05) is 0 Å². The zero-order chi connectivity index (χ0) is 15.8. The van der Waals surface area contributed by atoms with E-state index in [2.05, 4.69) is 4.72 Å². The van der Waals surface area contributed by atoms with Crippen LogP contribution in [0, 0.1) is 0 Å². The standard InChI is InChI=1S/C10H13Cl2N3O4S2/c11-8-5-7(20(13,16)17)6-9(12)10(8)14-21(18,19)15-3-1-2-4-15/h5-6,14H,1-4H2,(H2,13,16,17). The van der Waals surface area contributed by atoms with Crippen molar-refractivity contribution in [3.8, 4) is 0 Å². The van der Waals surface area contributed by atoms with Gasteiger partial charge in [0.15, 0.2) is 0 Å². The molecule has 1 aliphatic heterocycles. The number of nitrogens with one attached hydrogen (secondary N) is 1. The Hall–Kier alpha value is -0.580. The molecule has 0 radical (unpaired) electrons. The molecule has 7 nitrogen and oxygen atoms in total. The van der Waals surface area contributed by atoms with Crippen LogP contribution in [0.25, 0.3) is 0 Å². The SMILES string of the molecule is NS(=O)(=O)c1cc(Cl)c(NS(=O)(=O)N2CCCC2)c(Cl)c1. The van der Waals surface area contributed by atoms with Gasteiger partial charge in [-0.05, 0) is 25.0 Å². The van der Waals surface area contributed by atoms with Gasteiger partial charge in [-0.3, -0.25) is 4.72 Å². The molecule has 11 heteroatoms. The number of primary sulfonamides is 1. The summed E-state index contributed by atoms with van der Waals surface area (Å²) in [7, 11) is -7.75. The van der Waals surface area contributed by atoms with Crippen LogP contribution in [-0.4, -0.2) is 34.2 Å². The van der Waals surface area contributed by atoms with Gasteiger partial charge in [-0.15, -0.1) is 0 Å². The van der Waals surface area contributed by atoms with Gasteiger partial charge >= 0.3 is 10.2 Å². The van der Waals surface area contributed by atoms with E-state index in [0.29, 0.717) is 13.1 Å². The van der Waals surface area contributed by atoms with E-state index in [0.717, 1.165) is 25.0 Å². The van der Waals surface area contributed by atoms with E-state index < -0.39 is 20.2 Å². The summed E-state index contributed by atoms with van der Waals surface area (Å²) in [6, 6.07) is 2.09. The Morgan fingerprint density at radius 1 is 1.05 bits per heavy atom. The second-order valence-corrected chi connectivity index (χ2v) is 8.57. The van der Waals surface area contributed by atoms with Crippen molar-refractivity contribution in [3.05, 3.63) is 22.2 Å². The summed E-state index contributed by atoms with van der Waals surface area (Å²) in [6.07, 6.45) is 1.57. The first-order valence-corrected chi connectivity index (χ1v) is 9.65. The topological polar surface area (TPSA) is 110 Å². The van der Waals surface area contributed by atoms with Crippen LogP contribution in [0.1, 0.15) is 12.8 Å². The van der Waals surface area contributed by atoms with Crippen LogP contribution < -0.4 is 9.86 Å². The number of hydrogen-bond acceptors (Lipinski definition) is 4. The summed E-state index contributed by atoms with van der Waals surface area (Å²) in [5, 5.41) is 4.69. The van der Waals surface area contributed by atoms with Crippen molar-refractivity contribution in [1.29, 1.82) is 0 Å². The third kappa shape index (κ3) is 3.79. The lowest BCUT2D eigenvalue weighted by Crippen LogP contribution is -2.33. The Morgan fingerprint density at radius 2 is 1.52 bits per heavy atom. The third-order valence-electron chi connectivity index (χ3n) is 2.98. The largest absolute Gasteiger partial charge is 0.301 e. The van der Waals surface area contributed by atoms with Gasteiger partial charge in [-0.2, -0.15) is 12.7 Å². The fraction of sp³-hybridized carbons (Fsp3) is 0.400. The number of rotatable bonds is 4. The highest BCUT2D eigenvalue weighted by Gasteiger charge is 2.27. The van der Waals surface area contributed by atoms with E-state index in [1.54, 1.807) is 0 Å². The van der Waals surface area contributed by atoms with Gasteiger partial charge in [-0.1, -0.05) is 23.2 Å². The first-order chi connectivity index (χ1) is 9.61. The first kappa shape index (κ1) is 16.8. The summed E-state index contributed by atoms with van der Waals surface area (Å²) < 4.78 is 50.3. The van der Waals surface area contributed by atoms with E-state index in [9.17, 15) is 16.8 Å². The van der Waals surface area contributed by atoms with Gasteiger partial charge in [0.25, 0.3) is 0 Å². The normalized spacial score (nSPS) is 17.1. The average molecular weight is 374 g/mol. The van der Waals surface area contributed by atoms with Crippen molar-refractivity contribution >= 4 is 49.1 Å². The Morgan fingerprint density at radius 3 is 1.95 bits per heavy atom. The minimum absolute atomic E-state index is 0.0716. The second-order valence-electron chi connectivity index (χ2n) is 4.52. The van der Waals surface area contributed by atoms with Gasteiger partial charge < -0.3 is 0 Å². The molecule has 21 heavy (non-hydrogen) atoms. The molecule has 2 rings (SSSR count). The van der Waals surface area contributed by atoms with Crippen LogP contribution in [-0.2, 0) is 20.2 Å². The summed E-state index contributed by atoms with van der Waals surface area (Å²) >= 11 is 11.8. The van der Waals surface area contributed by atoms with Crippen molar-refractivity contribution in [2.45, 2.75) is 17.7 Å². The lowest BCUT2D eigenvalue weighted by atomic mass is 10.3. The third-order valence-corrected chi connectivity index (χ3v) is 5.98. The predicted octanol–water partition coefficient (Wildman–Crippen LogP) is 1.39. The Labute approximate surface area is 133 Å². The molecule has 118 valence electrons. The van der Waals surface area contributed by atoms with Crippen LogP contribution in [0.5, 0.6) is 0 Å². The maximum Gasteiger partial charge on any atom is 0.301 e. The lowest BCUT2D eigenvalue weighted by molar-refractivity contribution is 0.482. The molecule has 1 aromatic rings. The fourth-order valence-corrected chi connectivity index (χ4v) is 4.67. The number of halogens is 2. The summed E-state index contributed by atoms with van der Waals surface area (Å²) in [6.45, 7) is 0.833. The molecule has 3 N–H and O–H groups in total. The number of benzene rings is 1. The van der Waals surface area contributed by atoms with Crippen molar-refractivity contribution in [1.82, 2.24) is 4.31 Å². The fourth-order valence-electron chi connectivity index (χ4n) is 1.93. The molecule has 0 aromatic heterocycles. The number of hydrogen-bond donors (Lipinski definition) is 2. The molecule has 0 bridgehead atoms. The van der Waals surface area contributed by atoms with Crippen LogP contribution in [0.15, 0.2) is 17.0 Å². The molecular formula is C10H13Cl2N3O4S2. The highest BCUT2D eigenvalue weighted by molar-refractivity contribution is 7.90. The van der Waals surface area contributed by atoms with Crippen LogP contribution >= 0.6 is 23.2 Å². The van der Waals surface area contributed by atoms with E-state index in [4.69, 9.17) is 28.3 Å². The van der Waals surface area contributed by atoms with Gasteiger partial charge in [0, 0.05) is 13.1 Å². The van der Waals surface area contributed by atoms with Gasteiger partial charge in [0.05, 0.1) is 20.6 Å². The number of anilines is 1. The number of nitrogens with two attached hydrogens (primary N) is 1. The van der Waals surface area contributed by atoms with Crippen LogP contribution in [0.3, 0.4) is 0 Å². The maximum atomic E-state index is 12.1. The second kappa shape index (κ2) is 5.90. The zero-order valence-electron chi connectivity index (χ0n) is 10.7. The van der Waals surface area contributed by atoms with Crippen LogP contribution in [0.2, 0.25) is 10.0 Å². The lowest BCUT2D eigenvalue weighted by Gasteiger charge is -2.18. The minimum atomic E-state index is -3.98. The quantitative estimate of drug-likeness (QED) is 0.830. The minimum Gasteiger partial charge on any atom is -0.268 e. The highest BCUT2D eigenvalue weighted by atomic mass is 35.5. The smallest absolute Gasteiger partial charge is 0.268 e. The molecule has 1 saturated heterocycles. The predicted molar refractivity (Wildman–Crippen MR) is 81.2 cm³/mol. The summed E-state index contributed by atoms with van der Waals surface area (Å²) in [5.41, 5.74) is -0.0716. The molecule has 0 atom stereocenters. The molecule has 1 aromatic carbocycles. The maximum absolute atomic E-state index is 12.1. The molecular weight excluding hydrogens is 361 g/mol. The van der Waals surface area contributed by atoms with E-state index in [1.165, 1.54) is 4.31 Å². The molecule has 1 heterocycles. The Bertz CT molecular complexity index is 736. The molecule has 0 aliphatic carbocycles. The van der Waals surface area contributed by atoms with Gasteiger partial charge in [-0.25, -0.2) is 13.6 Å². The van der Waals surface area contributed by atoms with Gasteiger partial charge in [0.1, 0.15) is 0 Å². The van der Waals surface area contributed by atoms with Crippen molar-refractivity contribution in [2.75, 3.05) is 17.8 Å². The molecule has 0 unspecified atom stereocenters. The number of sulfonamides is 1. The average Bonchev–Trinajstić information content (AvgIpc) is 2.86. The molecule has 0 spiro atoms. The van der Waals surface area contributed by atoms with Gasteiger partial charge in [0.2, 0.25) is 10.0 Å². The molecule has 1 fully saturated rings. The van der Waals surface area contributed by atoms with Crippen molar-refractivity contribution in [3.63, 3.8) is 0 Å². The van der Waals surface area contributed by atoms with Crippen LogP contribution in [0.4, 0.5) is 5.69 Å². The van der Waals surface area contributed by atoms with Crippen molar-refractivity contribution < 1.29 is 16.8 Å². The van der Waals surface area contributed by atoms with Crippen molar-refractivity contribution in [2.24, 2.45) is 5.14 Å². The van der Waals surface area contributed by atoms with E-state index in [-0.39, 0.29) is 20.6 Å². The monoisotopic (exact) mass is 373 g/mol. The Kier molecular flexibility index (Phi) is 4.72. The number of nitrogens with zero attached hydrogens (tertiary/aromatic N) is 1. The molecule has 0 saturated carbocycles. The molecule has 1 aliphatic rings. The summed E-state index contributed by atoms with van der Waals surface area (Å²) in [5.74, 6) is 0. The zero-order valence-corrected chi connectivity index (χ0v) is 13.9. The Balaban J connectivity index is 2.37. The molecule has 0 amide bonds.